The highest BCUT2D eigenvalue weighted by Gasteiger charge is 2.10. The summed E-state index contributed by atoms with van der Waals surface area (Å²) >= 11 is 1.49. The highest BCUT2D eigenvalue weighted by atomic mass is 32.1. The number of ether oxygens (including phenoxy) is 1. The largest absolute Gasteiger partial charge is 0.484 e. The molecule has 0 unspecified atom stereocenters. The van der Waals surface area contributed by atoms with E-state index in [1.807, 2.05) is 42.0 Å². The summed E-state index contributed by atoms with van der Waals surface area (Å²) in [7, 11) is 0. The number of amides is 2. The average Bonchev–Trinajstić information content (AvgIpc) is 3.15. The number of nitrogens with zero attached hydrogens (tertiary/aromatic N) is 2. The normalized spacial score (nSPS) is 10.6. The predicted molar refractivity (Wildman–Crippen MR) is 94.5 cm³/mol. The van der Waals surface area contributed by atoms with E-state index in [1.54, 1.807) is 12.3 Å². The lowest BCUT2D eigenvalue weighted by Crippen LogP contribution is -2.44. The third-order valence-electron chi connectivity index (χ3n) is 3.67. The van der Waals surface area contributed by atoms with E-state index in [0.717, 1.165) is 16.1 Å². The quantitative estimate of drug-likeness (QED) is 0.681. The fourth-order valence-electron chi connectivity index (χ4n) is 2.20. The van der Waals surface area contributed by atoms with Crippen LogP contribution in [0.1, 0.15) is 16.8 Å². The molecule has 130 valence electrons. The van der Waals surface area contributed by atoms with E-state index in [0.29, 0.717) is 11.4 Å². The number of aromatic nitrogens is 2. The number of benzene rings is 1. The summed E-state index contributed by atoms with van der Waals surface area (Å²) in [5, 5.41) is 1.92. The van der Waals surface area contributed by atoms with E-state index in [2.05, 4.69) is 15.8 Å². The van der Waals surface area contributed by atoms with Gasteiger partial charge in [-0.25, -0.2) is 4.98 Å². The number of hydrogen-bond acceptors (Lipinski definition) is 5. The first-order valence-electron chi connectivity index (χ1n) is 7.70. The van der Waals surface area contributed by atoms with E-state index < -0.39 is 5.91 Å². The van der Waals surface area contributed by atoms with E-state index in [4.69, 9.17) is 4.74 Å². The van der Waals surface area contributed by atoms with Crippen molar-refractivity contribution < 1.29 is 14.3 Å². The van der Waals surface area contributed by atoms with Crippen LogP contribution in [-0.2, 0) is 16.0 Å². The van der Waals surface area contributed by atoms with Crippen LogP contribution in [0.3, 0.4) is 0 Å². The fourth-order valence-corrected chi connectivity index (χ4v) is 2.92. The van der Waals surface area contributed by atoms with Crippen LogP contribution in [0.4, 0.5) is 0 Å². The third-order valence-corrected chi connectivity index (χ3v) is 4.45. The molecule has 0 aliphatic heterocycles. The summed E-state index contributed by atoms with van der Waals surface area (Å²) < 4.78 is 7.26. The maximum Gasteiger partial charge on any atom is 0.276 e. The van der Waals surface area contributed by atoms with Gasteiger partial charge in [-0.1, -0.05) is 6.07 Å². The molecular weight excluding hydrogens is 340 g/mol. The van der Waals surface area contributed by atoms with Crippen molar-refractivity contribution in [1.29, 1.82) is 0 Å². The van der Waals surface area contributed by atoms with Gasteiger partial charge in [0, 0.05) is 17.8 Å². The fraction of sp³-hybridized carbons (Fsp3) is 0.235. The van der Waals surface area contributed by atoms with Crippen LogP contribution in [0.15, 0.2) is 36.0 Å². The third kappa shape index (κ3) is 4.36. The Kier molecular flexibility index (Phi) is 4.99. The van der Waals surface area contributed by atoms with Crippen LogP contribution in [0.2, 0.25) is 0 Å². The standard InChI is InChI=1S/C17H18N4O3S/c1-11-3-4-14(7-12(11)2)24-10-16(23)20-19-15(22)8-13-9-21-5-6-25-17(21)18-13/h3-7,9H,8,10H2,1-2H3,(H,19,22)(H,20,23). The summed E-state index contributed by atoms with van der Waals surface area (Å²) in [4.78, 5) is 28.8. The number of fused-ring (bicyclic) bond motifs is 1. The summed E-state index contributed by atoms with van der Waals surface area (Å²) in [5.74, 6) is -0.162. The van der Waals surface area contributed by atoms with Crippen molar-refractivity contribution in [3.05, 3.63) is 52.8 Å². The SMILES string of the molecule is Cc1ccc(OCC(=O)NNC(=O)Cc2cn3ccsc3n2)cc1C. The summed E-state index contributed by atoms with van der Waals surface area (Å²) in [5.41, 5.74) is 7.58. The smallest absolute Gasteiger partial charge is 0.276 e. The van der Waals surface area contributed by atoms with Gasteiger partial charge < -0.3 is 4.74 Å². The molecule has 2 amide bonds. The lowest BCUT2D eigenvalue weighted by Gasteiger charge is -2.09. The predicted octanol–water partition coefficient (Wildman–Crippen LogP) is 1.78. The Bertz CT molecular complexity index is 887. The number of rotatable bonds is 5. The van der Waals surface area contributed by atoms with Crippen LogP contribution in [0, 0.1) is 13.8 Å². The van der Waals surface area contributed by atoms with E-state index >= 15 is 0 Å². The Labute approximate surface area is 148 Å². The van der Waals surface area contributed by atoms with Gasteiger partial charge in [0.2, 0.25) is 5.91 Å². The van der Waals surface area contributed by atoms with E-state index in [-0.39, 0.29) is 18.9 Å². The van der Waals surface area contributed by atoms with Gasteiger partial charge in [0.25, 0.3) is 5.91 Å². The molecule has 1 aromatic carbocycles. The van der Waals surface area contributed by atoms with Gasteiger partial charge in [0.15, 0.2) is 11.6 Å². The van der Waals surface area contributed by atoms with Gasteiger partial charge in [0.05, 0.1) is 12.1 Å². The lowest BCUT2D eigenvalue weighted by molar-refractivity contribution is -0.129. The first-order valence-corrected chi connectivity index (χ1v) is 8.58. The number of carbonyl (C=O) groups excluding carboxylic acids is 2. The zero-order valence-corrected chi connectivity index (χ0v) is 14.7. The Morgan fingerprint density at radius 2 is 2.00 bits per heavy atom. The summed E-state index contributed by atoms with van der Waals surface area (Å²) in [6, 6.07) is 5.60. The number of hydrazine groups is 1. The van der Waals surface area contributed by atoms with Crippen molar-refractivity contribution in [3.8, 4) is 5.75 Å². The molecular formula is C17H18N4O3S. The molecule has 3 rings (SSSR count). The number of hydrogen-bond donors (Lipinski definition) is 2. The van der Waals surface area contributed by atoms with Crippen molar-refractivity contribution >= 4 is 28.1 Å². The van der Waals surface area contributed by atoms with E-state index in [9.17, 15) is 9.59 Å². The highest BCUT2D eigenvalue weighted by Crippen LogP contribution is 2.16. The summed E-state index contributed by atoms with van der Waals surface area (Å²) in [6.45, 7) is 3.80. The molecule has 2 aromatic heterocycles. The minimum absolute atomic E-state index is 0.0900. The van der Waals surface area contributed by atoms with Crippen molar-refractivity contribution in [3.63, 3.8) is 0 Å². The molecule has 2 heterocycles. The Hall–Kier alpha value is -2.87. The molecule has 7 nitrogen and oxygen atoms in total. The number of aryl methyl sites for hydroxylation is 2. The minimum Gasteiger partial charge on any atom is -0.484 e. The first kappa shape index (κ1) is 17.0. The van der Waals surface area contributed by atoms with Crippen LogP contribution >= 0.6 is 11.3 Å². The Morgan fingerprint density at radius 1 is 1.20 bits per heavy atom. The van der Waals surface area contributed by atoms with Gasteiger partial charge in [0.1, 0.15) is 5.75 Å². The van der Waals surface area contributed by atoms with Gasteiger partial charge in [-0.15, -0.1) is 11.3 Å². The van der Waals surface area contributed by atoms with Gasteiger partial charge in [-0.2, -0.15) is 0 Å². The van der Waals surface area contributed by atoms with Crippen molar-refractivity contribution in [1.82, 2.24) is 20.2 Å². The van der Waals surface area contributed by atoms with Crippen LogP contribution in [0.5, 0.6) is 5.75 Å². The molecule has 8 heteroatoms. The lowest BCUT2D eigenvalue weighted by atomic mass is 10.1. The van der Waals surface area contributed by atoms with Crippen molar-refractivity contribution in [2.75, 3.05) is 6.61 Å². The molecule has 0 saturated heterocycles. The zero-order valence-electron chi connectivity index (χ0n) is 13.9. The van der Waals surface area contributed by atoms with Crippen LogP contribution < -0.4 is 15.6 Å². The molecule has 0 atom stereocenters. The molecule has 2 N–H and O–H groups in total. The molecule has 0 saturated carbocycles. The molecule has 0 aliphatic rings. The molecule has 0 radical (unpaired) electrons. The summed E-state index contributed by atoms with van der Waals surface area (Å²) in [6.07, 6.45) is 3.75. The zero-order chi connectivity index (χ0) is 17.8. The van der Waals surface area contributed by atoms with Crippen molar-refractivity contribution in [2.24, 2.45) is 0 Å². The second-order valence-corrected chi connectivity index (χ2v) is 6.51. The molecule has 0 fully saturated rings. The molecule has 0 aliphatic carbocycles. The van der Waals surface area contributed by atoms with Gasteiger partial charge >= 0.3 is 0 Å². The van der Waals surface area contributed by atoms with E-state index in [1.165, 1.54) is 11.3 Å². The van der Waals surface area contributed by atoms with Gasteiger partial charge in [-0.05, 0) is 37.1 Å². The number of nitrogens with one attached hydrogen (secondary N) is 2. The maximum atomic E-state index is 11.9. The number of imidazole rings is 1. The van der Waals surface area contributed by atoms with Crippen molar-refractivity contribution in [2.45, 2.75) is 20.3 Å². The van der Waals surface area contributed by atoms with Gasteiger partial charge in [-0.3, -0.25) is 24.8 Å². The highest BCUT2D eigenvalue weighted by molar-refractivity contribution is 7.15. The molecule has 0 bridgehead atoms. The van der Waals surface area contributed by atoms with Crippen LogP contribution in [-0.4, -0.2) is 27.8 Å². The average molecular weight is 358 g/mol. The molecule has 3 aromatic rings. The molecule has 25 heavy (non-hydrogen) atoms. The Balaban J connectivity index is 1.42. The first-order chi connectivity index (χ1) is 12.0. The minimum atomic E-state index is -0.433. The second-order valence-electron chi connectivity index (χ2n) is 5.63. The monoisotopic (exact) mass is 358 g/mol. The number of carbonyl (C=O) groups is 2. The van der Waals surface area contributed by atoms with Crippen LogP contribution in [0.25, 0.3) is 4.96 Å². The maximum absolute atomic E-state index is 11.9. The topological polar surface area (TPSA) is 84.7 Å². The second kappa shape index (κ2) is 7.35. The number of thiazole rings is 1. The Morgan fingerprint density at radius 3 is 2.76 bits per heavy atom. The molecule has 0 spiro atoms.